The van der Waals surface area contributed by atoms with Gasteiger partial charge in [-0.1, -0.05) is 48.2 Å². The maximum Gasteiger partial charge on any atom is 0.344 e. The number of thioether (sulfide) groups is 1. The largest absolute Gasteiger partial charge is 0.493 e. The van der Waals surface area contributed by atoms with E-state index in [1.165, 1.54) is 23.8 Å². The highest BCUT2D eigenvalue weighted by Crippen LogP contribution is 2.37. The molecule has 2 aromatic rings. The number of esters is 1. The maximum absolute atomic E-state index is 12.8. The number of thiocarbonyl (C=S) groups is 1. The molecule has 0 radical (unpaired) electrons. The smallest absolute Gasteiger partial charge is 0.344 e. The zero-order chi connectivity index (χ0) is 20.8. The van der Waals surface area contributed by atoms with E-state index in [2.05, 4.69) is 0 Å². The third-order valence-corrected chi connectivity index (χ3v) is 5.25. The molecule has 0 aliphatic carbocycles. The van der Waals surface area contributed by atoms with Crippen molar-refractivity contribution in [2.45, 2.75) is 6.92 Å². The summed E-state index contributed by atoms with van der Waals surface area (Å²) in [5.74, 6) is 0.204. The lowest BCUT2D eigenvalue weighted by molar-refractivity contribution is -0.145. The Morgan fingerprint density at radius 3 is 2.62 bits per heavy atom. The number of carbonyl (C=O) groups is 2. The van der Waals surface area contributed by atoms with E-state index in [1.54, 1.807) is 31.2 Å². The van der Waals surface area contributed by atoms with Gasteiger partial charge < -0.3 is 14.2 Å². The molecule has 1 aliphatic heterocycles. The van der Waals surface area contributed by atoms with Gasteiger partial charge in [0.05, 0.1) is 24.3 Å². The van der Waals surface area contributed by atoms with Crippen LogP contribution < -0.4 is 14.4 Å². The van der Waals surface area contributed by atoms with Crippen LogP contribution in [0.3, 0.4) is 0 Å². The number of amides is 1. The average molecular weight is 430 g/mol. The molecule has 1 heterocycles. The van der Waals surface area contributed by atoms with Gasteiger partial charge in [0.25, 0.3) is 5.91 Å². The summed E-state index contributed by atoms with van der Waals surface area (Å²) < 4.78 is 16.1. The number of ether oxygens (including phenoxy) is 3. The Labute approximate surface area is 178 Å². The molecule has 1 saturated heterocycles. The van der Waals surface area contributed by atoms with Crippen molar-refractivity contribution in [1.82, 2.24) is 0 Å². The van der Waals surface area contributed by atoms with Crippen molar-refractivity contribution in [3.63, 3.8) is 0 Å². The predicted molar refractivity (Wildman–Crippen MR) is 117 cm³/mol. The molecule has 3 rings (SSSR count). The highest BCUT2D eigenvalue weighted by atomic mass is 32.2. The summed E-state index contributed by atoms with van der Waals surface area (Å²) in [4.78, 5) is 26.4. The van der Waals surface area contributed by atoms with Crippen LogP contribution in [0.25, 0.3) is 6.08 Å². The number of methoxy groups -OCH3 is 1. The van der Waals surface area contributed by atoms with Crippen LogP contribution >= 0.6 is 24.0 Å². The minimum Gasteiger partial charge on any atom is -0.493 e. The summed E-state index contributed by atoms with van der Waals surface area (Å²) in [5, 5.41) is 0. The monoisotopic (exact) mass is 429 g/mol. The molecule has 29 heavy (non-hydrogen) atoms. The lowest BCUT2D eigenvalue weighted by Gasteiger charge is -2.13. The van der Waals surface area contributed by atoms with Crippen molar-refractivity contribution in [2.24, 2.45) is 0 Å². The molecule has 1 aliphatic rings. The lowest BCUT2D eigenvalue weighted by atomic mass is 10.2. The fraction of sp³-hybridized carbons (Fsp3) is 0.190. The van der Waals surface area contributed by atoms with Gasteiger partial charge in [-0.3, -0.25) is 9.69 Å². The van der Waals surface area contributed by atoms with Crippen molar-refractivity contribution < 1.29 is 23.8 Å². The average Bonchev–Trinajstić information content (AvgIpc) is 3.00. The Balaban J connectivity index is 1.82. The first-order chi connectivity index (χ1) is 14.0. The lowest BCUT2D eigenvalue weighted by Crippen LogP contribution is -2.27. The molecule has 0 unspecified atom stereocenters. The molecule has 0 spiro atoms. The minimum absolute atomic E-state index is 0.184. The third-order valence-electron chi connectivity index (χ3n) is 3.94. The molecule has 0 atom stereocenters. The molecular weight excluding hydrogens is 410 g/mol. The molecule has 6 nitrogen and oxygen atoms in total. The summed E-state index contributed by atoms with van der Waals surface area (Å²) in [6.45, 7) is 1.77. The molecule has 0 aromatic heterocycles. The standard InChI is InChI=1S/C21H19NO5S2/c1-3-26-19(23)13-27-17-11-14(9-10-16(17)25-2)12-18-20(24)22(21(28)29-18)15-7-5-4-6-8-15/h4-12H,3,13H2,1-2H3/b18-12-. The van der Waals surface area contributed by atoms with Crippen molar-refractivity contribution in [2.75, 3.05) is 25.2 Å². The van der Waals surface area contributed by atoms with Gasteiger partial charge in [0.1, 0.15) is 0 Å². The molecule has 0 saturated carbocycles. The predicted octanol–water partition coefficient (Wildman–Crippen LogP) is 4.04. The molecule has 1 fully saturated rings. The van der Waals surface area contributed by atoms with Crippen LogP contribution in [0.5, 0.6) is 11.5 Å². The maximum atomic E-state index is 12.8. The van der Waals surface area contributed by atoms with Crippen molar-refractivity contribution >= 4 is 51.9 Å². The zero-order valence-corrected chi connectivity index (χ0v) is 17.5. The Hall–Kier alpha value is -2.84. The third kappa shape index (κ3) is 4.96. The van der Waals surface area contributed by atoms with Crippen LogP contribution in [-0.4, -0.2) is 36.5 Å². The fourth-order valence-corrected chi connectivity index (χ4v) is 3.95. The SMILES string of the molecule is CCOC(=O)COc1cc(/C=C2\SC(=S)N(c3ccccc3)C2=O)ccc1OC. The van der Waals surface area contributed by atoms with Crippen LogP contribution in [0.2, 0.25) is 0 Å². The van der Waals surface area contributed by atoms with Crippen LogP contribution in [0.4, 0.5) is 5.69 Å². The Kier molecular flexibility index (Phi) is 6.90. The number of benzene rings is 2. The molecule has 0 N–H and O–H groups in total. The Morgan fingerprint density at radius 2 is 1.93 bits per heavy atom. The number of hydrogen-bond acceptors (Lipinski definition) is 7. The van der Waals surface area contributed by atoms with E-state index < -0.39 is 5.97 Å². The van der Waals surface area contributed by atoms with Crippen molar-refractivity contribution in [1.29, 1.82) is 0 Å². The molecule has 8 heteroatoms. The highest BCUT2D eigenvalue weighted by Gasteiger charge is 2.33. The van der Waals surface area contributed by atoms with Crippen molar-refractivity contribution in [3.8, 4) is 11.5 Å². The zero-order valence-electron chi connectivity index (χ0n) is 15.9. The van der Waals surface area contributed by atoms with E-state index in [4.69, 9.17) is 26.4 Å². The molecule has 0 bridgehead atoms. The van der Waals surface area contributed by atoms with Crippen molar-refractivity contribution in [3.05, 3.63) is 59.0 Å². The first-order valence-electron chi connectivity index (χ1n) is 8.83. The second kappa shape index (κ2) is 9.58. The van der Waals surface area contributed by atoms with Crippen LogP contribution in [-0.2, 0) is 14.3 Å². The minimum atomic E-state index is -0.469. The van der Waals surface area contributed by atoms with E-state index >= 15 is 0 Å². The Bertz CT molecular complexity index is 959. The van der Waals surface area contributed by atoms with E-state index in [1.807, 2.05) is 30.3 Å². The number of carbonyl (C=O) groups excluding carboxylic acids is 2. The van der Waals surface area contributed by atoms with E-state index in [0.717, 1.165) is 11.3 Å². The first kappa shape index (κ1) is 20.9. The van der Waals surface area contributed by atoms with Gasteiger partial charge in [0.15, 0.2) is 22.4 Å². The van der Waals surface area contributed by atoms with Gasteiger partial charge in [-0.05, 0) is 42.8 Å². The highest BCUT2D eigenvalue weighted by molar-refractivity contribution is 8.27. The van der Waals surface area contributed by atoms with Gasteiger partial charge in [0, 0.05) is 0 Å². The number of para-hydroxylation sites is 1. The van der Waals surface area contributed by atoms with Crippen LogP contribution in [0.1, 0.15) is 12.5 Å². The van der Waals surface area contributed by atoms with Gasteiger partial charge in [-0.25, -0.2) is 4.79 Å². The van der Waals surface area contributed by atoms with E-state index in [-0.39, 0.29) is 19.1 Å². The van der Waals surface area contributed by atoms with E-state index in [9.17, 15) is 9.59 Å². The van der Waals surface area contributed by atoms with Gasteiger partial charge >= 0.3 is 5.97 Å². The van der Waals surface area contributed by atoms with Crippen LogP contribution in [0, 0.1) is 0 Å². The molecule has 150 valence electrons. The second-order valence-corrected chi connectivity index (χ2v) is 7.53. The van der Waals surface area contributed by atoms with E-state index in [0.29, 0.717) is 20.7 Å². The Morgan fingerprint density at radius 1 is 1.17 bits per heavy atom. The molecule has 1 amide bonds. The summed E-state index contributed by atoms with van der Waals surface area (Å²) >= 11 is 6.62. The number of nitrogens with zero attached hydrogens (tertiary/aromatic N) is 1. The quantitative estimate of drug-likeness (QED) is 0.374. The fourth-order valence-electron chi connectivity index (χ4n) is 2.65. The number of hydrogen-bond donors (Lipinski definition) is 0. The topological polar surface area (TPSA) is 65.1 Å². The normalized spacial score (nSPS) is 15.0. The summed E-state index contributed by atoms with van der Waals surface area (Å²) in [5.41, 5.74) is 1.45. The summed E-state index contributed by atoms with van der Waals surface area (Å²) in [6, 6.07) is 14.5. The van der Waals surface area contributed by atoms with Crippen LogP contribution in [0.15, 0.2) is 53.4 Å². The summed E-state index contributed by atoms with van der Waals surface area (Å²) in [7, 11) is 1.51. The molecular formula is C21H19NO5S2. The molecule has 2 aromatic carbocycles. The second-order valence-electron chi connectivity index (χ2n) is 5.86. The summed E-state index contributed by atoms with van der Waals surface area (Å²) in [6.07, 6.45) is 1.74. The van der Waals surface area contributed by atoms with Gasteiger partial charge in [-0.15, -0.1) is 0 Å². The first-order valence-corrected chi connectivity index (χ1v) is 10.1. The number of rotatable bonds is 7. The van der Waals surface area contributed by atoms with Gasteiger partial charge in [0.2, 0.25) is 0 Å². The number of anilines is 1. The van der Waals surface area contributed by atoms with Gasteiger partial charge in [-0.2, -0.15) is 0 Å².